The highest BCUT2D eigenvalue weighted by molar-refractivity contribution is 9.10. The molecule has 3 nitrogen and oxygen atoms in total. The molecular weight excluding hydrogens is 361 g/mol. The van der Waals surface area contributed by atoms with Gasteiger partial charge in [-0.1, -0.05) is 0 Å². The smallest absolute Gasteiger partial charge is 0.419 e. The minimum atomic E-state index is -4.44. The third-order valence-corrected chi connectivity index (χ3v) is 3.86. The van der Waals surface area contributed by atoms with Crippen molar-refractivity contribution < 1.29 is 17.9 Å². The molecule has 2 aromatic heterocycles. The van der Waals surface area contributed by atoms with Crippen LogP contribution in [-0.2, 0) is 6.18 Å². The van der Waals surface area contributed by atoms with Gasteiger partial charge in [0.15, 0.2) is 0 Å². The van der Waals surface area contributed by atoms with Crippen molar-refractivity contribution in [2.45, 2.75) is 6.18 Å². The first kappa shape index (κ1) is 14.9. The fourth-order valence-corrected chi connectivity index (χ4v) is 2.74. The van der Waals surface area contributed by atoms with Gasteiger partial charge in [-0.05, 0) is 46.3 Å². The van der Waals surface area contributed by atoms with Gasteiger partial charge in [-0.25, -0.2) is 4.98 Å². The molecule has 0 bridgehead atoms. The molecule has 0 saturated heterocycles. The van der Waals surface area contributed by atoms with Crippen molar-refractivity contribution in [2.24, 2.45) is 0 Å². The van der Waals surface area contributed by atoms with E-state index in [2.05, 4.69) is 20.9 Å². The van der Waals surface area contributed by atoms with Crippen LogP contribution in [0.5, 0.6) is 5.75 Å². The van der Waals surface area contributed by atoms with Crippen LogP contribution in [0.1, 0.15) is 5.56 Å². The Kier molecular flexibility index (Phi) is 3.60. The molecule has 0 N–H and O–H groups in total. The van der Waals surface area contributed by atoms with E-state index in [0.717, 1.165) is 6.07 Å². The summed E-state index contributed by atoms with van der Waals surface area (Å²) in [6, 6.07) is 7.61. The molecule has 0 aliphatic carbocycles. The average molecular weight is 371 g/mol. The van der Waals surface area contributed by atoms with Crippen molar-refractivity contribution in [3.05, 3.63) is 52.8 Å². The van der Waals surface area contributed by atoms with E-state index in [1.807, 2.05) is 0 Å². The normalized spacial score (nSPS) is 11.9. The Morgan fingerprint density at radius 3 is 2.64 bits per heavy atom. The molecule has 22 heavy (non-hydrogen) atoms. The maximum Gasteiger partial charge on any atom is 0.419 e. The number of methoxy groups -OCH3 is 1. The second-order valence-electron chi connectivity index (χ2n) is 4.63. The Balaban J connectivity index is 2.15. The summed E-state index contributed by atoms with van der Waals surface area (Å²) < 4.78 is 46.3. The predicted octanol–water partition coefficient (Wildman–Crippen LogP) is 4.79. The Morgan fingerprint density at radius 1 is 1.23 bits per heavy atom. The lowest BCUT2D eigenvalue weighted by atomic mass is 10.1. The van der Waals surface area contributed by atoms with E-state index >= 15 is 0 Å². The van der Waals surface area contributed by atoms with Gasteiger partial charge in [-0.15, -0.1) is 0 Å². The summed E-state index contributed by atoms with van der Waals surface area (Å²) in [5, 5.41) is 0. The Morgan fingerprint density at radius 2 is 2.00 bits per heavy atom. The number of rotatable bonds is 2. The van der Waals surface area contributed by atoms with E-state index in [-0.39, 0.29) is 5.65 Å². The molecule has 0 spiro atoms. The van der Waals surface area contributed by atoms with Gasteiger partial charge < -0.3 is 9.14 Å². The number of hydrogen-bond donors (Lipinski definition) is 0. The third kappa shape index (κ3) is 2.56. The van der Waals surface area contributed by atoms with Crippen LogP contribution >= 0.6 is 15.9 Å². The number of halogens is 4. The van der Waals surface area contributed by atoms with Gasteiger partial charge in [0.2, 0.25) is 0 Å². The lowest BCUT2D eigenvalue weighted by molar-refractivity contribution is -0.136. The van der Waals surface area contributed by atoms with E-state index < -0.39 is 11.7 Å². The second kappa shape index (κ2) is 5.31. The van der Waals surface area contributed by atoms with Gasteiger partial charge in [-0.2, -0.15) is 13.2 Å². The number of ether oxygens (including phenoxy) is 1. The van der Waals surface area contributed by atoms with Crippen LogP contribution in [0.2, 0.25) is 0 Å². The number of hydrogen-bond acceptors (Lipinski definition) is 2. The van der Waals surface area contributed by atoms with Crippen molar-refractivity contribution in [1.29, 1.82) is 0 Å². The monoisotopic (exact) mass is 370 g/mol. The maximum absolute atomic E-state index is 13.0. The predicted molar refractivity (Wildman–Crippen MR) is 79.9 cm³/mol. The largest absolute Gasteiger partial charge is 0.496 e. The number of aromatic nitrogens is 2. The molecule has 1 aromatic carbocycles. The number of pyridine rings is 1. The van der Waals surface area contributed by atoms with Crippen molar-refractivity contribution in [1.82, 2.24) is 9.38 Å². The van der Waals surface area contributed by atoms with Gasteiger partial charge in [0.1, 0.15) is 11.4 Å². The first-order valence-corrected chi connectivity index (χ1v) is 7.08. The molecule has 0 aliphatic rings. The van der Waals surface area contributed by atoms with Crippen LogP contribution in [0, 0.1) is 0 Å². The highest BCUT2D eigenvalue weighted by atomic mass is 79.9. The summed E-state index contributed by atoms with van der Waals surface area (Å²) in [5.74, 6) is 0.642. The molecule has 0 fully saturated rings. The Hall–Kier alpha value is -2.02. The standard InChI is InChI=1S/C15H10BrF3N2O/c1-22-13-5-4-9(7-11(13)16)12-8-21-6-2-3-10(14(21)20-12)15(17,18)19/h2-8H,1H3. The van der Waals surface area contributed by atoms with Crippen LogP contribution in [0.3, 0.4) is 0 Å². The zero-order chi connectivity index (χ0) is 15.9. The zero-order valence-electron chi connectivity index (χ0n) is 11.4. The van der Waals surface area contributed by atoms with Crippen LogP contribution < -0.4 is 4.74 Å². The third-order valence-electron chi connectivity index (χ3n) is 3.24. The van der Waals surface area contributed by atoms with E-state index in [0.29, 0.717) is 21.5 Å². The SMILES string of the molecule is COc1ccc(-c2cn3cccc(C(F)(F)F)c3n2)cc1Br. The zero-order valence-corrected chi connectivity index (χ0v) is 12.9. The van der Waals surface area contributed by atoms with Crippen LogP contribution in [0.4, 0.5) is 13.2 Å². The minimum absolute atomic E-state index is 0.114. The second-order valence-corrected chi connectivity index (χ2v) is 5.48. The molecule has 7 heteroatoms. The molecule has 114 valence electrons. The van der Waals surface area contributed by atoms with Crippen molar-refractivity contribution >= 4 is 21.6 Å². The molecule has 0 atom stereocenters. The molecule has 2 heterocycles. The van der Waals surface area contributed by atoms with Gasteiger partial charge in [-0.3, -0.25) is 0 Å². The first-order chi connectivity index (χ1) is 10.4. The number of fused-ring (bicyclic) bond motifs is 1. The number of nitrogens with zero attached hydrogens (tertiary/aromatic N) is 2. The van der Waals surface area contributed by atoms with E-state index in [1.165, 1.54) is 10.5 Å². The first-order valence-electron chi connectivity index (χ1n) is 6.29. The molecule has 0 amide bonds. The van der Waals surface area contributed by atoms with Gasteiger partial charge in [0.05, 0.1) is 22.8 Å². The topological polar surface area (TPSA) is 26.5 Å². The van der Waals surface area contributed by atoms with Crippen LogP contribution in [-0.4, -0.2) is 16.5 Å². The average Bonchev–Trinajstić information content (AvgIpc) is 2.89. The fraction of sp³-hybridized carbons (Fsp3) is 0.133. The molecule has 0 aliphatic heterocycles. The fourth-order valence-electron chi connectivity index (χ4n) is 2.20. The summed E-state index contributed by atoms with van der Waals surface area (Å²) >= 11 is 3.36. The summed E-state index contributed by atoms with van der Waals surface area (Å²) in [4.78, 5) is 4.13. The van der Waals surface area contributed by atoms with Crippen LogP contribution in [0.25, 0.3) is 16.9 Å². The van der Waals surface area contributed by atoms with E-state index in [4.69, 9.17) is 4.74 Å². The number of benzene rings is 1. The van der Waals surface area contributed by atoms with Crippen molar-refractivity contribution in [2.75, 3.05) is 7.11 Å². The van der Waals surface area contributed by atoms with Gasteiger partial charge in [0, 0.05) is 18.0 Å². The minimum Gasteiger partial charge on any atom is -0.496 e. The maximum atomic E-state index is 13.0. The summed E-state index contributed by atoms with van der Waals surface area (Å²) in [5.41, 5.74) is 0.287. The van der Waals surface area contributed by atoms with Crippen LogP contribution in [0.15, 0.2) is 47.2 Å². The Labute approximate surface area is 132 Å². The van der Waals surface area contributed by atoms with Gasteiger partial charge in [0.25, 0.3) is 0 Å². The van der Waals surface area contributed by atoms with Crippen molar-refractivity contribution in [3.63, 3.8) is 0 Å². The molecule has 3 aromatic rings. The number of imidazole rings is 1. The highest BCUT2D eigenvalue weighted by Crippen LogP contribution is 2.34. The summed E-state index contributed by atoms with van der Waals surface area (Å²) in [6.07, 6.45) is -1.33. The van der Waals surface area contributed by atoms with Gasteiger partial charge >= 0.3 is 6.18 Å². The molecule has 0 unspecified atom stereocenters. The number of alkyl halides is 3. The Bertz CT molecular complexity index is 842. The van der Waals surface area contributed by atoms with Crippen molar-refractivity contribution in [3.8, 4) is 17.0 Å². The molecule has 3 rings (SSSR count). The lowest BCUT2D eigenvalue weighted by Gasteiger charge is -2.06. The molecule has 0 saturated carbocycles. The molecular formula is C15H10BrF3N2O. The van der Waals surface area contributed by atoms with E-state index in [9.17, 15) is 13.2 Å². The summed E-state index contributed by atoms with van der Waals surface area (Å²) in [6.45, 7) is 0. The molecule has 0 radical (unpaired) electrons. The lowest BCUT2D eigenvalue weighted by Crippen LogP contribution is -2.07. The highest BCUT2D eigenvalue weighted by Gasteiger charge is 2.33. The van der Waals surface area contributed by atoms with E-state index in [1.54, 1.807) is 37.7 Å². The quantitative estimate of drug-likeness (QED) is 0.648. The summed E-state index contributed by atoms with van der Waals surface area (Å²) in [7, 11) is 1.54.